The van der Waals surface area contributed by atoms with Crippen LogP contribution in [0.25, 0.3) is 0 Å². The van der Waals surface area contributed by atoms with Crippen LogP contribution >= 0.6 is 0 Å². The maximum absolute atomic E-state index is 11.3. The van der Waals surface area contributed by atoms with Gasteiger partial charge in [-0.25, -0.2) is 4.79 Å². The quantitative estimate of drug-likeness (QED) is 0.755. The first-order chi connectivity index (χ1) is 6.56. The van der Waals surface area contributed by atoms with E-state index in [9.17, 15) is 9.90 Å². The molecule has 3 atom stereocenters. The highest BCUT2D eigenvalue weighted by Gasteiger charge is 2.60. The zero-order valence-corrected chi connectivity index (χ0v) is 8.82. The fourth-order valence-corrected chi connectivity index (χ4v) is 2.83. The molecule has 0 radical (unpaired) electrons. The molecule has 0 spiro atoms. The van der Waals surface area contributed by atoms with E-state index in [0.717, 1.165) is 12.8 Å². The highest BCUT2D eigenvalue weighted by Crippen LogP contribution is 2.56. The van der Waals surface area contributed by atoms with Gasteiger partial charge in [-0.15, -0.1) is 0 Å². The van der Waals surface area contributed by atoms with Crippen molar-refractivity contribution in [3.8, 4) is 0 Å². The van der Waals surface area contributed by atoms with Gasteiger partial charge < -0.3 is 9.84 Å². The van der Waals surface area contributed by atoms with Crippen LogP contribution in [-0.2, 0) is 9.53 Å². The minimum absolute atomic E-state index is 0.00505. The van der Waals surface area contributed by atoms with Gasteiger partial charge in [0.25, 0.3) is 0 Å². The molecule has 0 aromatic heterocycles. The predicted octanol–water partition coefficient (Wildman–Crippen LogP) is 2.05. The number of carboxylic acid groups (broad SMARTS) is 1. The Hall–Kier alpha value is -0.570. The van der Waals surface area contributed by atoms with Gasteiger partial charge in [0.15, 0.2) is 5.60 Å². The SMILES string of the molecule is CC(C)OC1(C(=O)O)CCCC2CC21. The second-order valence-corrected chi connectivity index (χ2v) is 4.86. The van der Waals surface area contributed by atoms with Crippen molar-refractivity contribution in [2.75, 3.05) is 0 Å². The van der Waals surface area contributed by atoms with Crippen molar-refractivity contribution < 1.29 is 14.6 Å². The van der Waals surface area contributed by atoms with Crippen molar-refractivity contribution >= 4 is 5.97 Å². The fraction of sp³-hybridized carbons (Fsp3) is 0.909. The summed E-state index contributed by atoms with van der Waals surface area (Å²) in [4.78, 5) is 11.3. The van der Waals surface area contributed by atoms with E-state index in [1.54, 1.807) is 0 Å². The van der Waals surface area contributed by atoms with Crippen LogP contribution in [0.1, 0.15) is 39.5 Å². The first-order valence-electron chi connectivity index (χ1n) is 5.47. The van der Waals surface area contributed by atoms with Gasteiger partial charge in [-0.05, 0) is 45.4 Å². The largest absolute Gasteiger partial charge is 0.479 e. The number of aliphatic carboxylic acids is 1. The Morgan fingerprint density at radius 3 is 2.86 bits per heavy atom. The lowest BCUT2D eigenvalue weighted by molar-refractivity contribution is -0.180. The zero-order chi connectivity index (χ0) is 10.3. The second-order valence-electron chi connectivity index (χ2n) is 4.86. The molecular weight excluding hydrogens is 180 g/mol. The molecule has 3 nitrogen and oxygen atoms in total. The maximum atomic E-state index is 11.3. The van der Waals surface area contributed by atoms with Gasteiger partial charge in [0.2, 0.25) is 0 Å². The van der Waals surface area contributed by atoms with Crippen LogP contribution in [0, 0.1) is 11.8 Å². The average Bonchev–Trinajstić information content (AvgIpc) is 2.82. The van der Waals surface area contributed by atoms with Gasteiger partial charge in [0, 0.05) is 5.92 Å². The molecule has 0 aromatic carbocycles. The van der Waals surface area contributed by atoms with E-state index in [0.29, 0.717) is 12.3 Å². The number of rotatable bonds is 3. The Balaban J connectivity index is 2.17. The predicted molar refractivity (Wildman–Crippen MR) is 52.0 cm³/mol. The summed E-state index contributed by atoms with van der Waals surface area (Å²) in [6.45, 7) is 3.83. The smallest absolute Gasteiger partial charge is 0.336 e. The Bertz CT molecular complexity index is 249. The molecule has 0 aromatic rings. The van der Waals surface area contributed by atoms with E-state index in [2.05, 4.69) is 0 Å². The van der Waals surface area contributed by atoms with Crippen molar-refractivity contribution in [1.82, 2.24) is 0 Å². The minimum Gasteiger partial charge on any atom is -0.479 e. The number of fused-ring (bicyclic) bond motifs is 1. The molecule has 1 N–H and O–H groups in total. The minimum atomic E-state index is -0.850. The molecule has 2 aliphatic rings. The van der Waals surface area contributed by atoms with E-state index in [1.165, 1.54) is 6.42 Å². The van der Waals surface area contributed by atoms with Crippen LogP contribution in [-0.4, -0.2) is 22.8 Å². The third-order valence-corrected chi connectivity index (χ3v) is 3.45. The summed E-state index contributed by atoms with van der Waals surface area (Å²) in [5.74, 6) is 0.160. The number of carboxylic acids is 1. The molecule has 2 saturated carbocycles. The van der Waals surface area contributed by atoms with E-state index >= 15 is 0 Å². The summed E-state index contributed by atoms with van der Waals surface area (Å²) >= 11 is 0. The number of hydrogen-bond donors (Lipinski definition) is 1. The normalized spacial score (nSPS) is 40.8. The topological polar surface area (TPSA) is 46.5 Å². The number of hydrogen-bond acceptors (Lipinski definition) is 2. The standard InChI is InChI=1S/C11H18O3/c1-7(2)14-11(10(12)13)5-3-4-8-6-9(8)11/h7-9H,3-6H2,1-2H3,(H,12,13). The number of ether oxygens (including phenoxy) is 1. The molecule has 0 aliphatic heterocycles. The molecule has 0 amide bonds. The summed E-state index contributed by atoms with van der Waals surface area (Å²) in [7, 11) is 0. The van der Waals surface area contributed by atoms with Gasteiger partial charge in [-0.1, -0.05) is 0 Å². The van der Waals surface area contributed by atoms with E-state index < -0.39 is 11.6 Å². The summed E-state index contributed by atoms with van der Waals surface area (Å²) in [6, 6.07) is 0. The first-order valence-corrected chi connectivity index (χ1v) is 5.47. The lowest BCUT2D eigenvalue weighted by atomic mass is 9.84. The maximum Gasteiger partial charge on any atom is 0.336 e. The molecule has 0 heterocycles. The van der Waals surface area contributed by atoms with Crippen LogP contribution in [0.2, 0.25) is 0 Å². The molecule has 80 valence electrons. The second kappa shape index (κ2) is 3.23. The summed E-state index contributed by atoms with van der Waals surface area (Å²) in [5, 5.41) is 9.31. The Morgan fingerprint density at radius 2 is 2.29 bits per heavy atom. The van der Waals surface area contributed by atoms with Gasteiger partial charge in [-0.2, -0.15) is 0 Å². The highest BCUT2D eigenvalue weighted by atomic mass is 16.5. The van der Waals surface area contributed by atoms with Crippen LogP contribution in [0.15, 0.2) is 0 Å². The molecule has 0 bridgehead atoms. The first kappa shape index (κ1) is 9.97. The summed E-state index contributed by atoms with van der Waals surface area (Å²) < 4.78 is 5.69. The van der Waals surface area contributed by atoms with Crippen molar-refractivity contribution in [1.29, 1.82) is 0 Å². The van der Waals surface area contributed by atoms with Gasteiger partial charge >= 0.3 is 5.97 Å². The van der Waals surface area contributed by atoms with Crippen molar-refractivity contribution in [3.05, 3.63) is 0 Å². The van der Waals surface area contributed by atoms with Crippen LogP contribution < -0.4 is 0 Å². The highest BCUT2D eigenvalue weighted by molar-refractivity contribution is 5.79. The van der Waals surface area contributed by atoms with Crippen molar-refractivity contribution in [2.24, 2.45) is 11.8 Å². The molecule has 2 aliphatic carbocycles. The molecule has 3 heteroatoms. The monoisotopic (exact) mass is 198 g/mol. The van der Waals surface area contributed by atoms with E-state index in [4.69, 9.17) is 4.74 Å². The van der Waals surface area contributed by atoms with Gasteiger partial charge in [-0.3, -0.25) is 0 Å². The van der Waals surface area contributed by atoms with Crippen LogP contribution in [0.4, 0.5) is 0 Å². The Labute approximate surface area is 84.4 Å². The van der Waals surface area contributed by atoms with E-state index in [-0.39, 0.29) is 12.0 Å². The van der Waals surface area contributed by atoms with Gasteiger partial charge in [0.05, 0.1) is 6.10 Å². The van der Waals surface area contributed by atoms with E-state index in [1.807, 2.05) is 13.8 Å². The lowest BCUT2D eigenvalue weighted by Gasteiger charge is -2.34. The molecular formula is C11H18O3. The third kappa shape index (κ3) is 1.44. The molecule has 2 rings (SSSR count). The molecule has 2 fully saturated rings. The summed E-state index contributed by atoms with van der Waals surface area (Å²) in [6.07, 6.45) is 3.95. The average molecular weight is 198 g/mol. The zero-order valence-electron chi connectivity index (χ0n) is 8.82. The number of carbonyl (C=O) groups is 1. The molecule has 14 heavy (non-hydrogen) atoms. The lowest BCUT2D eigenvalue weighted by Crippen LogP contribution is -2.47. The van der Waals surface area contributed by atoms with Gasteiger partial charge in [0.1, 0.15) is 0 Å². The van der Waals surface area contributed by atoms with Crippen LogP contribution in [0.5, 0.6) is 0 Å². The molecule has 3 unspecified atom stereocenters. The van der Waals surface area contributed by atoms with Crippen LogP contribution in [0.3, 0.4) is 0 Å². The Kier molecular flexibility index (Phi) is 2.30. The third-order valence-electron chi connectivity index (χ3n) is 3.45. The fourth-order valence-electron chi connectivity index (χ4n) is 2.83. The van der Waals surface area contributed by atoms with Crippen molar-refractivity contribution in [2.45, 2.75) is 51.2 Å². The molecule has 0 saturated heterocycles. The summed E-state index contributed by atoms with van der Waals surface area (Å²) in [5.41, 5.74) is -0.850. The van der Waals surface area contributed by atoms with Crippen molar-refractivity contribution in [3.63, 3.8) is 0 Å². The Morgan fingerprint density at radius 1 is 1.57 bits per heavy atom.